The van der Waals surface area contributed by atoms with Crippen LogP contribution in [0.2, 0.25) is 0 Å². The van der Waals surface area contributed by atoms with Gasteiger partial charge in [-0.1, -0.05) is 19.8 Å². The second kappa shape index (κ2) is 5.17. The minimum absolute atomic E-state index is 0.188. The lowest BCUT2D eigenvalue weighted by atomic mass is 9.99. The first-order chi connectivity index (χ1) is 7.70. The number of carbonyl (C=O) groups excluding carboxylic acids is 1. The SMILES string of the molecule is CCC(CC1CC1)NC(=O)C1CCNC1C. The summed E-state index contributed by atoms with van der Waals surface area (Å²) in [5.41, 5.74) is 0. The number of amides is 1. The van der Waals surface area contributed by atoms with Crippen molar-refractivity contribution in [2.24, 2.45) is 11.8 Å². The second-order valence-corrected chi connectivity index (χ2v) is 5.43. The molecule has 0 bridgehead atoms. The summed E-state index contributed by atoms with van der Waals surface area (Å²) in [6.45, 7) is 5.27. The maximum atomic E-state index is 12.1. The molecule has 2 rings (SSSR count). The van der Waals surface area contributed by atoms with E-state index in [1.165, 1.54) is 19.3 Å². The molecule has 3 unspecified atom stereocenters. The quantitative estimate of drug-likeness (QED) is 0.746. The van der Waals surface area contributed by atoms with Crippen LogP contribution in [0, 0.1) is 11.8 Å². The molecule has 2 fully saturated rings. The first kappa shape index (κ1) is 11.9. The Morgan fingerprint density at radius 3 is 2.69 bits per heavy atom. The van der Waals surface area contributed by atoms with Gasteiger partial charge in [-0.3, -0.25) is 4.79 Å². The van der Waals surface area contributed by atoms with Crippen molar-refractivity contribution in [3.05, 3.63) is 0 Å². The summed E-state index contributed by atoms with van der Waals surface area (Å²) in [4.78, 5) is 12.1. The van der Waals surface area contributed by atoms with E-state index in [1.807, 2.05) is 0 Å². The minimum atomic E-state index is 0.188. The minimum Gasteiger partial charge on any atom is -0.353 e. The van der Waals surface area contributed by atoms with E-state index >= 15 is 0 Å². The zero-order valence-electron chi connectivity index (χ0n) is 10.5. The molecule has 3 nitrogen and oxygen atoms in total. The molecule has 0 radical (unpaired) electrons. The molecular weight excluding hydrogens is 200 g/mol. The van der Waals surface area contributed by atoms with E-state index in [0.29, 0.717) is 12.1 Å². The molecule has 1 heterocycles. The van der Waals surface area contributed by atoms with Gasteiger partial charge >= 0.3 is 0 Å². The fraction of sp³-hybridized carbons (Fsp3) is 0.923. The predicted molar refractivity (Wildman–Crippen MR) is 65.1 cm³/mol. The molecule has 0 spiro atoms. The summed E-state index contributed by atoms with van der Waals surface area (Å²) >= 11 is 0. The van der Waals surface area contributed by atoms with Crippen molar-refractivity contribution in [1.82, 2.24) is 10.6 Å². The summed E-state index contributed by atoms with van der Waals surface area (Å²) in [5.74, 6) is 1.35. The predicted octanol–water partition coefficient (Wildman–Crippen LogP) is 1.68. The highest BCUT2D eigenvalue weighted by molar-refractivity contribution is 5.80. The molecule has 0 aromatic heterocycles. The third-order valence-corrected chi connectivity index (χ3v) is 4.02. The molecule has 0 aromatic carbocycles. The zero-order chi connectivity index (χ0) is 11.5. The van der Waals surface area contributed by atoms with Gasteiger partial charge in [-0.2, -0.15) is 0 Å². The zero-order valence-corrected chi connectivity index (χ0v) is 10.5. The van der Waals surface area contributed by atoms with Crippen LogP contribution in [0.3, 0.4) is 0 Å². The van der Waals surface area contributed by atoms with E-state index in [2.05, 4.69) is 24.5 Å². The molecule has 1 aliphatic carbocycles. The molecule has 1 amide bonds. The van der Waals surface area contributed by atoms with Crippen molar-refractivity contribution in [2.45, 2.75) is 58.0 Å². The molecule has 3 heteroatoms. The standard InChI is InChI=1S/C13H24N2O/c1-3-11(8-10-4-5-10)15-13(16)12-6-7-14-9(12)2/h9-12,14H,3-8H2,1-2H3,(H,15,16). The summed E-state index contributed by atoms with van der Waals surface area (Å²) in [5, 5.41) is 6.57. The van der Waals surface area contributed by atoms with Crippen LogP contribution in [-0.4, -0.2) is 24.5 Å². The normalized spacial score (nSPS) is 31.4. The molecule has 1 saturated carbocycles. The van der Waals surface area contributed by atoms with Gasteiger partial charge in [-0.15, -0.1) is 0 Å². The van der Waals surface area contributed by atoms with Crippen molar-refractivity contribution in [1.29, 1.82) is 0 Å². The average Bonchev–Trinajstić information content (AvgIpc) is 2.97. The van der Waals surface area contributed by atoms with E-state index < -0.39 is 0 Å². The summed E-state index contributed by atoms with van der Waals surface area (Å²) < 4.78 is 0. The fourth-order valence-electron chi connectivity index (χ4n) is 2.61. The molecule has 92 valence electrons. The number of hydrogen-bond donors (Lipinski definition) is 2. The third-order valence-electron chi connectivity index (χ3n) is 4.02. The summed E-state index contributed by atoms with van der Waals surface area (Å²) in [6, 6.07) is 0.756. The largest absolute Gasteiger partial charge is 0.353 e. The molecule has 0 aromatic rings. The van der Waals surface area contributed by atoms with Gasteiger partial charge in [0.25, 0.3) is 0 Å². The number of carbonyl (C=O) groups is 1. The summed E-state index contributed by atoms with van der Waals surface area (Å²) in [7, 11) is 0. The monoisotopic (exact) mass is 224 g/mol. The van der Waals surface area contributed by atoms with Crippen LogP contribution in [0.25, 0.3) is 0 Å². The Morgan fingerprint density at radius 1 is 1.44 bits per heavy atom. The molecule has 1 saturated heterocycles. The number of rotatable bonds is 5. The highest BCUT2D eigenvalue weighted by atomic mass is 16.2. The van der Waals surface area contributed by atoms with Gasteiger partial charge in [0.1, 0.15) is 0 Å². The molecular formula is C13H24N2O. The Hall–Kier alpha value is -0.570. The van der Waals surface area contributed by atoms with Crippen molar-refractivity contribution in [2.75, 3.05) is 6.54 Å². The van der Waals surface area contributed by atoms with Crippen LogP contribution in [0.1, 0.15) is 46.0 Å². The molecule has 2 aliphatic rings. The first-order valence-corrected chi connectivity index (χ1v) is 6.74. The van der Waals surface area contributed by atoms with E-state index in [1.54, 1.807) is 0 Å². The van der Waals surface area contributed by atoms with Gasteiger partial charge < -0.3 is 10.6 Å². The van der Waals surface area contributed by atoms with Crippen molar-refractivity contribution in [3.8, 4) is 0 Å². The second-order valence-electron chi connectivity index (χ2n) is 5.43. The van der Waals surface area contributed by atoms with Crippen LogP contribution in [0.15, 0.2) is 0 Å². The van der Waals surface area contributed by atoms with E-state index in [0.717, 1.165) is 25.3 Å². The smallest absolute Gasteiger partial charge is 0.224 e. The van der Waals surface area contributed by atoms with Crippen molar-refractivity contribution >= 4 is 5.91 Å². The van der Waals surface area contributed by atoms with E-state index in [-0.39, 0.29) is 11.8 Å². The average molecular weight is 224 g/mol. The lowest BCUT2D eigenvalue weighted by Gasteiger charge is -2.21. The Morgan fingerprint density at radius 2 is 2.19 bits per heavy atom. The van der Waals surface area contributed by atoms with Gasteiger partial charge in [0.15, 0.2) is 0 Å². The van der Waals surface area contributed by atoms with Gasteiger partial charge in [0, 0.05) is 12.1 Å². The van der Waals surface area contributed by atoms with Gasteiger partial charge in [-0.25, -0.2) is 0 Å². The third kappa shape index (κ3) is 2.97. The Bertz CT molecular complexity index is 250. The van der Waals surface area contributed by atoms with Crippen LogP contribution >= 0.6 is 0 Å². The van der Waals surface area contributed by atoms with Gasteiger partial charge in [-0.05, 0) is 38.6 Å². The van der Waals surface area contributed by atoms with Crippen LogP contribution in [0.5, 0.6) is 0 Å². The van der Waals surface area contributed by atoms with Crippen molar-refractivity contribution < 1.29 is 4.79 Å². The Labute approximate surface area is 98.4 Å². The lowest BCUT2D eigenvalue weighted by Crippen LogP contribution is -2.42. The number of nitrogens with one attached hydrogen (secondary N) is 2. The highest BCUT2D eigenvalue weighted by Crippen LogP contribution is 2.34. The molecule has 2 N–H and O–H groups in total. The maximum Gasteiger partial charge on any atom is 0.224 e. The maximum absolute atomic E-state index is 12.1. The van der Waals surface area contributed by atoms with Crippen LogP contribution in [-0.2, 0) is 4.79 Å². The van der Waals surface area contributed by atoms with Crippen molar-refractivity contribution in [3.63, 3.8) is 0 Å². The van der Waals surface area contributed by atoms with E-state index in [4.69, 9.17) is 0 Å². The van der Waals surface area contributed by atoms with E-state index in [9.17, 15) is 4.79 Å². The molecule has 16 heavy (non-hydrogen) atoms. The Kier molecular flexibility index (Phi) is 3.85. The first-order valence-electron chi connectivity index (χ1n) is 6.74. The van der Waals surface area contributed by atoms with Gasteiger partial charge in [0.05, 0.1) is 5.92 Å². The molecule has 1 aliphatic heterocycles. The summed E-state index contributed by atoms with van der Waals surface area (Å²) in [6.07, 6.45) is 5.99. The Balaban J connectivity index is 1.79. The highest BCUT2D eigenvalue weighted by Gasteiger charge is 2.31. The van der Waals surface area contributed by atoms with Gasteiger partial charge in [0.2, 0.25) is 5.91 Å². The topological polar surface area (TPSA) is 41.1 Å². The van der Waals surface area contributed by atoms with Crippen LogP contribution in [0.4, 0.5) is 0 Å². The number of hydrogen-bond acceptors (Lipinski definition) is 2. The fourth-order valence-corrected chi connectivity index (χ4v) is 2.61. The lowest BCUT2D eigenvalue weighted by molar-refractivity contribution is -0.125. The molecule has 3 atom stereocenters. The van der Waals surface area contributed by atoms with Crippen LogP contribution < -0.4 is 10.6 Å².